The Morgan fingerprint density at radius 2 is 2.06 bits per heavy atom. The third-order valence-corrected chi connectivity index (χ3v) is 4.43. The van der Waals surface area contributed by atoms with E-state index in [0.717, 1.165) is 0 Å². The number of furan rings is 1. The maximum atomic E-state index is 12.1. The van der Waals surface area contributed by atoms with E-state index >= 15 is 0 Å². The number of carbonyl (C=O) groups is 1. The maximum absolute atomic E-state index is 12.1. The van der Waals surface area contributed by atoms with Gasteiger partial charge in [0.05, 0.1) is 18.3 Å². The van der Waals surface area contributed by atoms with Crippen molar-refractivity contribution in [1.82, 2.24) is 0 Å². The summed E-state index contributed by atoms with van der Waals surface area (Å²) in [4.78, 5) is 11.1. The highest BCUT2D eigenvalue weighted by Gasteiger charge is 2.36. The highest BCUT2D eigenvalue weighted by Crippen LogP contribution is 2.26. The molecular weight excluding hydrogens is 256 g/mol. The van der Waals surface area contributed by atoms with Gasteiger partial charge in [-0.15, -0.1) is 0 Å². The van der Waals surface area contributed by atoms with Crippen molar-refractivity contribution >= 4 is 15.8 Å². The van der Waals surface area contributed by atoms with Crippen LogP contribution in [0.25, 0.3) is 0 Å². The van der Waals surface area contributed by atoms with Gasteiger partial charge < -0.3 is 9.52 Å². The minimum Gasteiger partial charge on any atom is -0.480 e. The first-order valence-corrected chi connectivity index (χ1v) is 7.29. The quantitative estimate of drug-likeness (QED) is 0.888. The summed E-state index contributed by atoms with van der Waals surface area (Å²) in [5.41, 5.74) is 0.0992. The van der Waals surface area contributed by atoms with E-state index in [2.05, 4.69) is 0 Å². The number of hydrogen-bond donors (Lipinski definition) is 1. The summed E-state index contributed by atoms with van der Waals surface area (Å²) in [6, 6.07) is 1.52. The Hall–Kier alpha value is -1.30. The Morgan fingerprint density at radius 1 is 1.44 bits per heavy atom. The van der Waals surface area contributed by atoms with Crippen LogP contribution in [0.4, 0.5) is 0 Å². The summed E-state index contributed by atoms with van der Waals surface area (Å²) in [6.45, 7) is 5.45. The summed E-state index contributed by atoms with van der Waals surface area (Å²) in [6.07, 6.45) is 2.76. The Bertz CT molecular complexity index is 493. The predicted octanol–water partition coefficient (Wildman–Crippen LogP) is 2.08. The van der Waals surface area contributed by atoms with Crippen LogP contribution in [-0.2, 0) is 20.4 Å². The van der Waals surface area contributed by atoms with Gasteiger partial charge in [0, 0.05) is 5.56 Å². The van der Waals surface area contributed by atoms with Crippen LogP contribution in [-0.4, -0.2) is 24.7 Å². The molecule has 0 fully saturated rings. The lowest BCUT2D eigenvalue weighted by molar-refractivity contribution is -0.137. The standard InChI is InChI=1S/C12H18O5S/c1-12(2,3)6-10(11(13)14)18(15,16)8-9-4-5-17-7-9/h4-5,7,10H,6,8H2,1-3H3,(H,13,14). The van der Waals surface area contributed by atoms with Crippen molar-refractivity contribution < 1.29 is 22.7 Å². The van der Waals surface area contributed by atoms with Crippen molar-refractivity contribution in [3.8, 4) is 0 Å². The second-order valence-corrected chi connectivity index (χ2v) is 7.71. The fraction of sp³-hybridized carbons (Fsp3) is 0.583. The number of carboxylic acid groups (broad SMARTS) is 1. The van der Waals surface area contributed by atoms with Crippen molar-refractivity contribution in [3.63, 3.8) is 0 Å². The van der Waals surface area contributed by atoms with Gasteiger partial charge in [0.15, 0.2) is 15.1 Å². The lowest BCUT2D eigenvalue weighted by Gasteiger charge is -2.23. The first-order valence-electron chi connectivity index (χ1n) is 5.57. The van der Waals surface area contributed by atoms with Crippen LogP contribution in [0.5, 0.6) is 0 Å². The molecule has 102 valence electrons. The largest absolute Gasteiger partial charge is 0.480 e. The summed E-state index contributed by atoms with van der Waals surface area (Å²) < 4.78 is 29.0. The van der Waals surface area contributed by atoms with Gasteiger partial charge in [-0.3, -0.25) is 4.79 Å². The van der Waals surface area contributed by atoms with Crippen LogP contribution >= 0.6 is 0 Å². The van der Waals surface area contributed by atoms with Gasteiger partial charge in [0.1, 0.15) is 0 Å². The van der Waals surface area contributed by atoms with Gasteiger partial charge in [-0.2, -0.15) is 0 Å². The zero-order valence-electron chi connectivity index (χ0n) is 10.7. The molecule has 1 unspecified atom stereocenters. The number of aliphatic carboxylic acids is 1. The molecule has 0 aliphatic rings. The molecule has 0 spiro atoms. The summed E-state index contributed by atoms with van der Waals surface area (Å²) in [5, 5.41) is 7.72. The summed E-state index contributed by atoms with van der Waals surface area (Å²) in [5.74, 6) is -1.61. The first-order chi connectivity index (χ1) is 8.12. The molecule has 0 bridgehead atoms. The van der Waals surface area contributed by atoms with Crippen LogP contribution in [0.15, 0.2) is 23.0 Å². The van der Waals surface area contributed by atoms with Gasteiger partial charge in [-0.05, 0) is 17.9 Å². The molecule has 18 heavy (non-hydrogen) atoms. The lowest BCUT2D eigenvalue weighted by Crippen LogP contribution is -2.34. The zero-order valence-corrected chi connectivity index (χ0v) is 11.5. The van der Waals surface area contributed by atoms with E-state index in [9.17, 15) is 13.2 Å². The number of sulfone groups is 1. The Labute approximate surface area is 107 Å². The Kier molecular flexibility index (Phi) is 4.21. The van der Waals surface area contributed by atoms with E-state index in [1.807, 2.05) is 20.8 Å². The van der Waals surface area contributed by atoms with Crippen LogP contribution < -0.4 is 0 Å². The smallest absolute Gasteiger partial charge is 0.321 e. The molecule has 0 saturated heterocycles. The molecule has 0 aliphatic heterocycles. The highest BCUT2D eigenvalue weighted by atomic mass is 32.2. The number of hydrogen-bond acceptors (Lipinski definition) is 4. The van der Waals surface area contributed by atoms with E-state index in [-0.39, 0.29) is 17.6 Å². The Balaban J connectivity index is 2.94. The van der Waals surface area contributed by atoms with Gasteiger partial charge in [0.2, 0.25) is 0 Å². The SMILES string of the molecule is CC(C)(C)CC(C(=O)O)S(=O)(=O)Cc1ccoc1. The lowest BCUT2D eigenvalue weighted by atomic mass is 9.90. The molecule has 0 saturated carbocycles. The fourth-order valence-electron chi connectivity index (χ4n) is 1.63. The molecule has 1 atom stereocenters. The average Bonchev–Trinajstić information content (AvgIpc) is 2.64. The zero-order chi connectivity index (χ0) is 14.0. The van der Waals surface area contributed by atoms with Crippen molar-refractivity contribution in [3.05, 3.63) is 24.2 Å². The summed E-state index contributed by atoms with van der Waals surface area (Å²) in [7, 11) is -3.74. The molecule has 1 N–H and O–H groups in total. The molecule has 6 heteroatoms. The van der Waals surface area contributed by atoms with Crippen molar-refractivity contribution in [2.45, 2.75) is 38.2 Å². The molecule has 1 rings (SSSR count). The van der Waals surface area contributed by atoms with Gasteiger partial charge in [-0.1, -0.05) is 20.8 Å². The molecule has 5 nitrogen and oxygen atoms in total. The minimum atomic E-state index is -3.74. The molecule has 1 heterocycles. The van der Waals surface area contributed by atoms with E-state index < -0.39 is 21.1 Å². The maximum Gasteiger partial charge on any atom is 0.321 e. The number of rotatable bonds is 5. The van der Waals surface area contributed by atoms with Crippen LogP contribution in [0.2, 0.25) is 0 Å². The average molecular weight is 274 g/mol. The van der Waals surface area contributed by atoms with Crippen molar-refractivity contribution in [2.75, 3.05) is 0 Å². The van der Waals surface area contributed by atoms with E-state index in [4.69, 9.17) is 9.52 Å². The highest BCUT2D eigenvalue weighted by molar-refractivity contribution is 7.92. The molecular formula is C12H18O5S. The Morgan fingerprint density at radius 3 is 2.44 bits per heavy atom. The molecule has 1 aromatic rings. The van der Waals surface area contributed by atoms with E-state index in [1.165, 1.54) is 18.6 Å². The second-order valence-electron chi connectivity index (χ2n) is 5.53. The van der Waals surface area contributed by atoms with Crippen molar-refractivity contribution in [2.24, 2.45) is 5.41 Å². The van der Waals surface area contributed by atoms with Crippen LogP contribution in [0, 0.1) is 5.41 Å². The van der Waals surface area contributed by atoms with Gasteiger partial charge in [-0.25, -0.2) is 8.42 Å². The number of carboxylic acids is 1. The molecule has 0 aromatic carbocycles. The molecule has 0 amide bonds. The third-order valence-electron chi connectivity index (χ3n) is 2.45. The van der Waals surface area contributed by atoms with Gasteiger partial charge in [0.25, 0.3) is 0 Å². The molecule has 0 aliphatic carbocycles. The van der Waals surface area contributed by atoms with E-state index in [0.29, 0.717) is 5.56 Å². The normalized spacial score (nSPS) is 14.4. The summed E-state index contributed by atoms with van der Waals surface area (Å²) >= 11 is 0. The van der Waals surface area contributed by atoms with Crippen LogP contribution in [0.3, 0.4) is 0 Å². The second kappa shape index (κ2) is 5.14. The van der Waals surface area contributed by atoms with Gasteiger partial charge >= 0.3 is 5.97 Å². The third kappa shape index (κ3) is 4.18. The first kappa shape index (κ1) is 14.8. The minimum absolute atomic E-state index is 0.0858. The topological polar surface area (TPSA) is 84.6 Å². The molecule has 1 aromatic heterocycles. The fourth-order valence-corrected chi connectivity index (χ4v) is 3.52. The van der Waals surface area contributed by atoms with Crippen molar-refractivity contribution in [1.29, 1.82) is 0 Å². The van der Waals surface area contributed by atoms with Crippen LogP contribution in [0.1, 0.15) is 32.8 Å². The predicted molar refractivity (Wildman–Crippen MR) is 66.8 cm³/mol. The van der Waals surface area contributed by atoms with E-state index in [1.54, 1.807) is 0 Å². The molecule has 0 radical (unpaired) electrons. The monoisotopic (exact) mass is 274 g/mol.